The van der Waals surface area contributed by atoms with Gasteiger partial charge in [-0.05, 0) is 55.4 Å². The minimum Gasteiger partial charge on any atom is -0.507 e. The number of carbonyl (C=O) groups excluding carboxylic acids is 3. The van der Waals surface area contributed by atoms with Crippen LogP contribution < -0.4 is 10.2 Å². The molecule has 9 nitrogen and oxygen atoms in total. The lowest BCUT2D eigenvalue weighted by atomic mass is 10.0. The number of hydrogen-bond acceptors (Lipinski definition) is 7. The monoisotopic (exact) mass is 485 g/mol. The van der Waals surface area contributed by atoms with Gasteiger partial charge >= 0.3 is 0 Å². The van der Waals surface area contributed by atoms with Crippen molar-refractivity contribution >= 4 is 29.2 Å². The molecule has 2 N–H and O–H groups in total. The maximum atomic E-state index is 13.0. The van der Waals surface area contributed by atoms with Gasteiger partial charge < -0.3 is 20.2 Å². The van der Waals surface area contributed by atoms with Gasteiger partial charge in [0.2, 0.25) is 0 Å². The number of piperazine rings is 1. The van der Waals surface area contributed by atoms with Crippen LogP contribution in [0.4, 0.5) is 11.5 Å². The number of aromatic nitrogens is 1. The van der Waals surface area contributed by atoms with E-state index in [1.807, 2.05) is 6.07 Å². The van der Waals surface area contributed by atoms with Gasteiger partial charge in [-0.2, -0.15) is 0 Å². The number of fused-ring (bicyclic) bond motifs is 1. The average Bonchev–Trinajstić information content (AvgIpc) is 3.12. The molecule has 0 radical (unpaired) electrons. The second-order valence-electron chi connectivity index (χ2n) is 9.20. The molecule has 2 aliphatic rings. The Balaban J connectivity index is 1.31. The molecule has 0 saturated carbocycles. The highest BCUT2D eigenvalue weighted by Gasteiger charge is 2.35. The van der Waals surface area contributed by atoms with Crippen molar-refractivity contribution in [1.82, 2.24) is 14.8 Å². The fraction of sp³-hybridized carbons (Fsp3) is 0.259. The van der Waals surface area contributed by atoms with E-state index in [-0.39, 0.29) is 29.7 Å². The number of aryl methyl sites for hydroxylation is 1. The van der Waals surface area contributed by atoms with Crippen LogP contribution in [0, 0.1) is 6.92 Å². The molecule has 3 heterocycles. The molecule has 184 valence electrons. The lowest BCUT2D eigenvalue weighted by molar-refractivity contribution is 0.0642. The Bertz CT molecular complexity index is 1310. The van der Waals surface area contributed by atoms with Crippen molar-refractivity contribution in [3.8, 4) is 5.75 Å². The number of carbonyl (C=O) groups is 3. The second kappa shape index (κ2) is 9.43. The van der Waals surface area contributed by atoms with Gasteiger partial charge in [-0.1, -0.05) is 18.2 Å². The largest absolute Gasteiger partial charge is 0.507 e. The first-order chi connectivity index (χ1) is 17.3. The first-order valence-electron chi connectivity index (χ1n) is 11.8. The van der Waals surface area contributed by atoms with Crippen LogP contribution in [0.2, 0.25) is 0 Å². The summed E-state index contributed by atoms with van der Waals surface area (Å²) in [5, 5.41) is 13.4. The number of amides is 3. The van der Waals surface area contributed by atoms with Gasteiger partial charge in [0, 0.05) is 26.2 Å². The SMILES string of the molecule is Cc1cc(CN2C(=O)c3ccccc3C2=O)cc(C(=O)Nc2ccc(N3CCN(C)CC3)nc2)c1O. The normalized spacial score (nSPS) is 15.8. The Morgan fingerprint density at radius 3 is 2.28 bits per heavy atom. The van der Waals surface area contributed by atoms with E-state index in [4.69, 9.17) is 0 Å². The van der Waals surface area contributed by atoms with Crippen LogP contribution in [-0.4, -0.2) is 70.8 Å². The molecular weight excluding hydrogens is 458 g/mol. The first-order valence-corrected chi connectivity index (χ1v) is 11.8. The fourth-order valence-corrected chi connectivity index (χ4v) is 4.57. The number of pyridine rings is 1. The molecule has 0 bridgehead atoms. The summed E-state index contributed by atoms with van der Waals surface area (Å²) < 4.78 is 0. The van der Waals surface area contributed by atoms with Gasteiger partial charge in [0.05, 0.1) is 35.1 Å². The molecule has 36 heavy (non-hydrogen) atoms. The van der Waals surface area contributed by atoms with Crippen molar-refractivity contribution in [1.29, 1.82) is 0 Å². The number of nitrogens with zero attached hydrogens (tertiary/aromatic N) is 4. The van der Waals surface area contributed by atoms with Gasteiger partial charge in [0.25, 0.3) is 17.7 Å². The Morgan fingerprint density at radius 2 is 1.67 bits per heavy atom. The highest BCUT2D eigenvalue weighted by Crippen LogP contribution is 2.29. The maximum absolute atomic E-state index is 13.0. The number of nitrogens with one attached hydrogen (secondary N) is 1. The molecule has 1 fully saturated rings. The van der Waals surface area contributed by atoms with Crippen molar-refractivity contribution in [2.24, 2.45) is 0 Å². The summed E-state index contributed by atoms with van der Waals surface area (Å²) in [5.41, 5.74) is 2.32. The van der Waals surface area contributed by atoms with Crippen LogP contribution in [0.15, 0.2) is 54.7 Å². The smallest absolute Gasteiger partial charge is 0.261 e. The Kier molecular flexibility index (Phi) is 6.15. The lowest BCUT2D eigenvalue weighted by Gasteiger charge is -2.33. The third-order valence-corrected chi connectivity index (χ3v) is 6.66. The van der Waals surface area contributed by atoms with Crippen LogP contribution in [0.5, 0.6) is 5.75 Å². The zero-order chi connectivity index (χ0) is 25.4. The molecule has 3 aromatic rings. The predicted octanol–water partition coefficient (Wildman–Crippen LogP) is 2.90. The molecule has 1 saturated heterocycles. The fourth-order valence-electron chi connectivity index (χ4n) is 4.57. The van der Waals surface area contributed by atoms with Crippen LogP contribution >= 0.6 is 0 Å². The topological polar surface area (TPSA) is 106 Å². The van der Waals surface area contributed by atoms with Crippen molar-refractivity contribution in [2.45, 2.75) is 13.5 Å². The van der Waals surface area contributed by atoms with Gasteiger partial charge in [0.15, 0.2) is 0 Å². The maximum Gasteiger partial charge on any atom is 0.261 e. The van der Waals surface area contributed by atoms with Crippen molar-refractivity contribution in [3.63, 3.8) is 0 Å². The van der Waals surface area contributed by atoms with Crippen LogP contribution in [0.1, 0.15) is 42.2 Å². The van der Waals surface area contributed by atoms with E-state index < -0.39 is 5.91 Å². The Hall–Kier alpha value is -4.24. The predicted molar refractivity (Wildman–Crippen MR) is 135 cm³/mol. The Morgan fingerprint density at radius 1 is 1.00 bits per heavy atom. The van der Waals surface area contributed by atoms with Gasteiger partial charge in [0.1, 0.15) is 11.6 Å². The van der Waals surface area contributed by atoms with Crippen molar-refractivity contribution in [3.05, 3.63) is 82.5 Å². The molecule has 1 aromatic heterocycles. The van der Waals surface area contributed by atoms with E-state index in [9.17, 15) is 19.5 Å². The summed E-state index contributed by atoms with van der Waals surface area (Å²) in [6, 6.07) is 13.5. The molecule has 0 atom stereocenters. The van der Waals surface area contributed by atoms with E-state index in [0.29, 0.717) is 27.9 Å². The van der Waals surface area contributed by atoms with E-state index in [2.05, 4.69) is 27.1 Å². The number of rotatable bonds is 5. The van der Waals surface area contributed by atoms with Gasteiger partial charge in [-0.3, -0.25) is 19.3 Å². The van der Waals surface area contributed by atoms with E-state index in [1.165, 1.54) is 6.07 Å². The summed E-state index contributed by atoms with van der Waals surface area (Å²) in [5.74, 6) is -0.560. The Labute approximate surface area is 209 Å². The third-order valence-electron chi connectivity index (χ3n) is 6.66. The zero-order valence-corrected chi connectivity index (χ0v) is 20.2. The molecule has 0 spiro atoms. The van der Waals surface area contributed by atoms with E-state index >= 15 is 0 Å². The minimum atomic E-state index is -0.506. The van der Waals surface area contributed by atoms with E-state index in [1.54, 1.807) is 49.5 Å². The molecule has 9 heteroatoms. The summed E-state index contributed by atoms with van der Waals surface area (Å²) >= 11 is 0. The van der Waals surface area contributed by atoms with Crippen LogP contribution in [-0.2, 0) is 6.54 Å². The number of hydrogen-bond donors (Lipinski definition) is 2. The molecule has 2 aliphatic heterocycles. The highest BCUT2D eigenvalue weighted by atomic mass is 16.3. The number of likely N-dealkylation sites (N-methyl/N-ethyl adjacent to an activating group) is 1. The number of anilines is 2. The summed E-state index contributed by atoms with van der Waals surface area (Å²) in [7, 11) is 2.09. The van der Waals surface area contributed by atoms with Gasteiger partial charge in [-0.25, -0.2) is 4.98 Å². The number of aromatic hydroxyl groups is 1. The summed E-state index contributed by atoms with van der Waals surface area (Å²) in [4.78, 5) is 48.6. The highest BCUT2D eigenvalue weighted by molar-refractivity contribution is 6.21. The minimum absolute atomic E-state index is 0.00494. The third kappa shape index (κ3) is 4.40. The van der Waals surface area contributed by atoms with Crippen molar-refractivity contribution in [2.75, 3.05) is 43.4 Å². The lowest BCUT2D eigenvalue weighted by Crippen LogP contribution is -2.44. The van der Waals surface area contributed by atoms with Gasteiger partial charge in [-0.15, -0.1) is 0 Å². The summed E-state index contributed by atoms with van der Waals surface area (Å²) in [6.45, 7) is 5.38. The number of phenolic OH excluding ortho intramolecular Hbond substituents is 1. The van der Waals surface area contributed by atoms with Crippen molar-refractivity contribution < 1.29 is 19.5 Å². The number of phenols is 1. The molecule has 0 aliphatic carbocycles. The summed E-state index contributed by atoms with van der Waals surface area (Å²) in [6.07, 6.45) is 1.60. The molecule has 3 amide bonds. The quantitative estimate of drug-likeness (QED) is 0.535. The van der Waals surface area contributed by atoms with Crippen LogP contribution in [0.3, 0.4) is 0 Å². The molecular formula is C27H27N5O4. The average molecular weight is 486 g/mol. The number of benzene rings is 2. The number of imide groups is 1. The standard InChI is InChI=1S/C27H27N5O4/c1-17-13-18(16-32-26(35)20-5-3-4-6-21(20)27(32)36)14-22(24(17)33)25(34)29-19-7-8-23(28-15-19)31-11-9-30(2)10-12-31/h3-8,13-15,33H,9-12,16H2,1-2H3,(H,29,34). The van der Waals surface area contributed by atoms with Crippen LogP contribution in [0.25, 0.3) is 0 Å². The zero-order valence-electron chi connectivity index (χ0n) is 20.2. The molecule has 2 aromatic carbocycles. The molecule has 5 rings (SSSR count). The second-order valence-corrected chi connectivity index (χ2v) is 9.20. The van der Waals surface area contributed by atoms with E-state index in [0.717, 1.165) is 36.9 Å². The first kappa shape index (κ1) is 23.5. The molecule has 0 unspecified atom stereocenters.